The van der Waals surface area contributed by atoms with E-state index in [-0.39, 0.29) is 13.2 Å². The fraction of sp³-hybridized carbons (Fsp3) is 0.833. The molecule has 4 atom stereocenters. The fourth-order valence-corrected chi connectivity index (χ4v) is 2.67. The molecule has 6 N–H and O–H groups in total. The largest absolute Gasteiger partial charge is 0.480 e. The molecule has 0 saturated carbocycles. The number of nitrogens with one attached hydrogen (secondary N) is 3. The lowest BCUT2D eigenvalue weighted by molar-refractivity contribution is -0.146. The number of carbonyl (C=O) groups is 4. The summed E-state index contributed by atoms with van der Waals surface area (Å²) < 4.78 is 16.8. The van der Waals surface area contributed by atoms with Gasteiger partial charge in [0, 0.05) is 0 Å². The number of rotatable bonds is 13. The summed E-state index contributed by atoms with van der Waals surface area (Å²) in [5, 5.41) is 16.7. The van der Waals surface area contributed by atoms with E-state index in [9.17, 15) is 24.3 Å². The van der Waals surface area contributed by atoms with Crippen molar-refractivity contribution in [3.05, 3.63) is 0 Å². The Kier molecular flexibility index (Phi) is 13.0. The topological polar surface area (TPSA) is 178 Å². The van der Waals surface area contributed by atoms with Gasteiger partial charge in [-0.3, -0.25) is 14.4 Å². The van der Waals surface area contributed by atoms with E-state index in [0.29, 0.717) is 0 Å². The number of carboxylic acid groups (broad SMARTS) is 1. The van der Waals surface area contributed by atoms with Crippen LogP contribution >= 0.6 is 0 Å². The van der Waals surface area contributed by atoms with Gasteiger partial charge in [-0.15, -0.1) is 0 Å². The van der Waals surface area contributed by atoms with E-state index in [0.717, 1.165) is 0 Å². The molecule has 12 nitrogen and oxygen atoms in total. The number of ether oxygens (including phenoxy) is 3. The molecule has 0 rings (SSSR count). The highest BCUT2D eigenvalue weighted by Crippen LogP contribution is 2.12. The molecule has 0 bridgehead atoms. The molecule has 210 valence electrons. The number of hydrogen-bond donors (Lipinski definition) is 5. The minimum absolute atomic E-state index is 0.225. The molecule has 0 aliphatic rings. The summed E-state index contributed by atoms with van der Waals surface area (Å²) in [6, 6.07) is -3.57. The summed E-state index contributed by atoms with van der Waals surface area (Å²) in [4.78, 5) is 49.3. The SMILES string of the molecule is C[C@H](OC(C)(C)C)[C@H](N)C(=O)NCC(=O)N[C@@H](COC(C)(C)C)C(=O)N[C@@H](COC(C)(C)C)C(=O)O. The zero-order valence-electron chi connectivity index (χ0n) is 23.3. The van der Waals surface area contributed by atoms with E-state index in [2.05, 4.69) is 16.0 Å². The molecule has 0 unspecified atom stereocenters. The number of carboxylic acids is 1. The Bertz CT molecular complexity index is 753. The summed E-state index contributed by atoms with van der Waals surface area (Å²) in [6.45, 7) is 16.8. The Balaban J connectivity index is 5.21. The maximum atomic E-state index is 12.9. The van der Waals surface area contributed by atoms with Crippen LogP contribution in [0.25, 0.3) is 0 Å². The van der Waals surface area contributed by atoms with Gasteiger partial charge >= 0.3 is 5.97 Å². The van der Waals surface area contributed by atoms with Crippen LogP contribution in [0.5, 0.6) is 0 Å². The monoisotopic (exact) mass is 518 g/mol. The standard InChI is InChI=1S/C24H46N4O8/c1-14(36-24(8,9)10)18(25)20(31)26-11-17(29)27-15(12-34-22(2,3)4)19(30)28-16(21(32)33)13-35-23(5,6)7/h14-16,18H,11-13,25H2,1-10H3,(H,26,31)(H,27,29)(H,28,30)(H,32,33)/t14-,15-,16-,18-/m0/s1. The molecule has 36 heavy (non-hydrogen) atoms. The summed E-state index contributed by atoms with van der Waals surface area (Å²) in [5.41, 5.74) is 4.17. The van der Waals surface area contributed by atoms with E-state index < -0.39 is 71.3 Å². The first-order chi connectivity index (χ1) is 16.1. The average Bonchev–Trinajstić information content (AvgIpc) is 2.68. The number of amides is 3. The van der Waals surface area contributed by atoms with Crippen LogP contribution in [0.4, 0.5) is 0 Å². The Labute approximate surface area is 214 Å². The van der Waals surface area contributed by atoms with Crippen molar-refractivity contribution in [2.75, 3.05) is 19.8 Å². The molecule has 0 aromatic carbocycles. The van der Waals surface area contributed by atoms with E-state index >= 15 is 0 Å². The molecule has 12 heteroatoms. The van der Waals surface area contributed by atoms with Gasteiger partial charge in [-0.2, -0.15) is 0 Å². The minimum Gasteiger partial charge on any atom is -0.480 e. The van der Waals surface area contributed by atoms with Crippen LogP contribution < -0.4 is 21.7 Å². The Morgan fingerprint density at radius 1 is 0.778 bits per heavy atom. The molecular weight excluding hydrogens is 472 g/mol. The highest BCUT2D eigenvalue weighted by Gasteiger charge is 2.30. The van der Waals surface area contributed by atoms with Crippen molar-refractivity contribution in [3.63, 3.8) is 0 Å². The van der Waals surface area contributed by atoms with E-state index in [1.54, 1.807) is 48.5 Å². The third kappa shape index (κ3) is 15.7. The van der Waals surface area contributed by atoms with Crippen molar-refractivity contribution in [2.24, 2.45) is 5.73 Å². The third-order valence-corrected chi connectivity index (χ3v) is 4.40. The molecular formula is C24H46N4O8. The van der Waals surface area contributed by atoms with Crippen molar-refractivity contribution in [1.82, 2.24) is 16.0 Å². The molecule has 0 aromatic rings. The summed E-state index contributed by atoms with van der Waals surface area (Å²) in [5.74, 6) is -3.34. The summed E-state index contributed by atoms with van der Waals surface area (Å²) >= 11 is 0. The lowest BCUT2D eigenvalue weighted by atomic mass is 10.1. The maximum absolute atomic E-state index is 12.9. The highest BCUT2D eigenvalue weighted by atomic mass is 16.5. The molecule has 0 aromatic heterocycles. The average molecular weight is 519 g/mol. The van der Waals surface area contributed by atoms with E-state index in [1.165, 1.54) is 0 Å². The zero-order valence-corrected chi connectivity index (χ0v) is 23.3. The van der Waals surface area contributed by atoms with Gasteiger partial charge in [-0.05, 0) is 69.2 Å². The van der Waals surface area contributed by atoms with Crippen LogP contribution in [-0.4, -0.2) is 89.6 Å². The van der Waals surface area contributed by atoms with Crippen molar-refractivity contribution >= 4 is 23.7 Å². The van der Waals surface area contributed by atoms with Gasteiger partial charge in [0.05, 0.1) is 42.7 Å². The van der Waals surface area contributed by atoms with Crippen molar-refractivity contribution in [2.45, 2.75) is 110 Å². The quantitative estimate of drug-likeness (QED) is 0.229. The van der Waals surface area contributed by atoms with Crippen LogP contribution in [0.2, 0.25) is 0 Å². The lowest BCUT2D eigenvalue weighted by Crippen LogP contribution is -2.57. The maximum Gasteiger partial charge on any atom is 0.328 e. The molecule has 0 spiro atoms. The van der Waals surface area contributed by atoms with Gasteiger partial charge in [-0.1, -0.05) is 0 Å². The Hall–Kier alpha value is -2.28. The van der Waals surface area contributed by atoms with Crippen LogP contribution in [-0.2, 0) is 33.4 Å². The molecule has 0 radical (unpaired) electrons. The molecule has 0 aliphatic heterocycles. The number of hydrogen-bond acceptors (Lipinski definition) is 8. The smallest absolute Gasteiger partial charge is 0.328 e. The second-order valence-electron chi connectivity index (χ2n) is 11.5. The van der Waals surface area contributed by atoms with Crippen LogP contribution in [0.15, 0.2) is 0 Å². The van der Waals surface area contributed by atoms with Gasteiger partial charge in [-0.25, -0.2) is 4.79 Å². The normalized spacial score (nSPS) is 15.9. The van der Waals surface area contributed by atoms with E-state index in [1.807, 2.05) is 20.8 Å². The first-order valence-corrected chi connectivity index (χ1v) is 11.9. The van der Waals surface area contributed by atoms with Gasteiger partial charge in [0.15, 0.2) is 6.04 Å². The molecule has 0 heterocycles. The van der Waals surface area contributed by atoms with Crippen LogP contribution in [0.3, 0.4) is 0 Å². The second-order valence-corrected chi connectivity index (χ2v) is 11.5. The minimum atomic E-state index is -1.34. The first-order valence-electron chi connectivity index (χ1n) is 11.9. The van der Waals surface area contributed by atoms with Crippen molar-refractivity contribution in [3.8, 4) is 0 Å². The van der Waals surface area contributed by atoms with Crippen molar-refractivity contribution in [1.29, 1.82) is 0 Å². The van der Waals surface area contributed by atoms with Gasteiger partial charge < -0.3 is 41.0 Å². The molecule has 0 fully saturated rings. The predicted octanol–water partition coefficient (Wildman–Crippen LogP) is 0.318. The van der Waals surface area contributed by atoms with Gasteiger partial charge in [0.25, 0.3) is 0 Å². The van der Waals surface area contributed by atoms with Crippen molar-refractivity contribution < 1.29 is 38.5 Å². The van der Waals surface area contributed by atoms with Crippen LogP contribution in [0.1, 0.15) is 69.2 Å². The highest BCUT2D eigenvalue weighted by molar-refractivity contribution is 5.92. The predicted molar refractivity (Wildman–Crippen MR) is 134 cm³/mol. The number of carbonyl (C=O) groups excluding carboxylic acids is 3. The molecule has 0 aliphatic carbocycles. The van der Waals surface area contributed by atoms with Gasteiger partial charge in [0.1, 0.15) is 12.1 Å². The fourth-order valence-electron chi connectivity index (χ4n) is 2.67. The first kappa shape index (κ1) is 33.7. The van der Waals surface area contributed by atoms with Crippen LogP contribution in [0, 0.1) is 0 Å². The van der Waals surface area contributed by atoms with Gasteiger partial charge in [0.2, 0.25) is 17.7 Å². The Morgan fingerprint density at radius 2 is 1.25 bits per heavy atom. The zero-order chi connectivity index (χ0) is 28.5. The van der Waals surface area contributed by atoms with E-state index in [4.69, 9.17) is 19.9 Å². The summed E-state index contributed by atoms with van der Waals surface area (Å²) in [6.07, 6.45) is -0.602. The Morgan fingerprint density at radius 3 is 1.67 bits per heavy atom. The molecule has 3 amide bonds. The lowest BCUT2D eigenvalue weighted by Gasteiger charge is -2.28. The molecule has 0 saturated heterocycles. The summed E-state index contributed by atoms with van der Waals surface area (Å²) in [7, 11) is 0. The number of aliphatic carboxylic acids is 1. The second kappa shape index (κ2) is 13.9. The third-order valence-electron chi connectivity index (χ3n) is 4.40. The number of nitrogens with two attached hydrogens (primary N) is 1.